The molecule has 1 unspecified atom stereocenters. The predicted molar refractivity (Wildman–Crippen MR) is 62.5 cm³/mol. The number of carbonyl (C=O) groups is 1. The smallest absolute Gasteiger partial charge is 0.403 e. The number of nitrogens with zero attached hydrogens (tertiary/aromatic N) is 1. The number of rotatable bonds is 1. The van der Waals surface area contributed by atoms with E-state index in [1.165, 1.54) is 12.3 Å². The number of benzene rings is 1. The fraction of sp³-hybridized carbons (Fsp3) is 0.273. The van der Waals surface area contributed by atoms with Crippen LogP contribution in [0.25, 0.3) is 0 Å². The number of carbonyl (C=O) groups excluding carboxylic acids is 1. The second-order valence-corrected chi connectivity index (χ2v) is 4.60. The van der Waals surface area contributed by atoms with Crippen molar-refractivity contribution in [1.82, 2.24) is 0 Å². The van der Waals surface area contributed by atoms with Crippen LogP contribution in [0.1, 0.15) is 17.3 Å². The molecule has 0 saturated carbocycles. The Labute approximate surface area is 109 Å². The zero-order valence-corrected chi connectivity index (χ0v) is 10.7. The molecule has 2 rings (SSSR count). The van der Waals surface area contributed by atoms with Crippen LogP contribution in [0, 0.1) is 5.92 Å². The zero-order valence-electron chi connectivity index (χ0n) is 9.08. The van der Waals surface area contributed by atoms with Gasteiger partial charge in [0.05, 0.1) is 11.5 Å². The van der Waals surface area contributed by atoms with Crippen LogP contribution in [0.3, 0.4) is 0 Å². The summed E-state index contributed by atoms with van der Waals surface area (Å²) in [5.41, 5.74) is 0.0246. The van der Waals surface area contributed by atoms with Gasteiger partial charge in [-0.3, -0.25) is 9.79 Å². The van der Waals surface area contributed by atoms with E-state index in [4.69, 9.17) is 0 Å². The van der Waals surface area contributed by atoms with Crippen molar-refractivity contribution in [1.29, 1.82) is 0 Å². The van der Waals surface area contributed by atoms with Crippen LogP contribution in [0.5, 0.6) is 5.75 Å². The largest absolute Gasteiger partial charge is 0.573 e. The lowest BCUT2D eigenvalue weighted by Gasteiger charge is -2.19. The Morgan fingerprint density at radius 1 is 1.39 bits per heavy atom. The zero-order chi connectivity index (χ0) is 13.5. The third-order valence-corrected chi connectivity index (χ3v) is 3.06. The molecular weight excluding hydrogens is 315 g/mol. The van der Waals surface area contributed by atoms with Crippen molar-refractivity contribution in [2.24, 2.45) is 10.9 Å². The van der Waals surface area contributed by atoms with Gasteiger partial charge in [0.2, 0.25) is 0 Å². The van der Waals surface area contributed by atoms with Crippen molar-refractivity contribution in [2.75, 3.05) is 0 Å². The first-order chi connectivity index (χ1) is 8.29. The van der Waals surface area contributed by atoms with Gasteiger partial charge in [0, 0.05) is 10.7 Å². The highest BCUT2D eigenvalue weighted by Crippen LogP contribution is 2.41. The van der Waals surface area contributed by atoms with Crippen molar-refractivity contribution >= 4 is 33.6 Å². The van der Waals surface area contributed by atoms with Gasteiger partial charge in [0.25, 0.3) is 0 Å². The molecule has 1 heterocycles. The summed E-state index contributed by atoms with van der Waals surface area (Å²) in [6.45, 7) is 1.62. The van der Waals surface area contributed by atoms with Crippen LogP contribution in [0.2, 0.25) is 0 Å². The highest BCUT2D eigenvalue weighted by molar-refractivity contribution is 9.10. The maximum atomic E-state index is 12.2. The van der Waals surface area contributed by atoms with Crippen molar-refractivity contribution in [3.05, 3.63) is 22.2 Å². The van der Waals surface area contributed by atoms with Gasteiger partial charge in [0.1, 0.15) is 5.69 Å². The molecule has 1 aliphatic rings. The number of Topliss-reactive ketones (excluding diaryl/α,β-unsaturated/α-hetero) is 1. The van der Waals surface area contributed by atoms with E-state index in [-0.39, 0.29) is 17.0 Å². The monoisotopic (exact) mass is 321 g/mol. The number of ether oxygens (including phenoxy) is 1. The van der Waals surface area contributed by atoms with Crippen LogP contribution in [-0.4, -0.2) is 18.4 Å². The molecule has 96 valence electrons. The molecule has 0 amide bonds. The third-order valence-electron chi connectivity index (χ3n) is 2.40. The first-order valence-electron chi connectivity index (χ1n) is 4.96. The average Bonchev–Trinajstić information content (AvgIpc) is 2.25. The summed E-state index contributed by atoms with van der Waals surface area (Å²) in [5, 5.41) is 0. The molecule has 1 aromatic rings. The molecule has 0 N–H and O–H groups in total. The van der Waals surface area contributed by atoms with Crippen LogP contribution >= 0.6 is 15.9 Å². The molecule has 1 aromatic carbocycles. The third kappa shape index (κ3) is 2.40. The second-order valence-electron chi connectivity index (χ2n) is 3.75. The van der Waals surface area contributed by atoms with Crippen molar-refractivity contribution in [3.8, 4) is 5.75 Å². The minimum Gasteiger partial charge on any atom is -0.403 e. The number of hydrogen-bond donors (Lipinski definition) is 0. The molecule has 0 aliphatic carbocycles. The van der Waals surface area contributed by atoms with Gasteiger partial charge in [-0.1, -0.05) is 6.92 Å². The molecule has 0 bridgehead atoms. The van der Waals surface area contributed by atoms with Crippen molar-refractivity contribution in [3.63, 3.8) is 0 Å². The number of ketones is 1. The molecule has 0 spiro atoms. The van der Waals surface area contributed by atoms with Crippen LogP contribution in [0.4, 0.5) is 18.9 Å². The van der Waals surface area contributed by atoms with Gasteiger partial charge >= 0.3 is 6.36 Å². The molecule has 1 atom stereocenters. The van der Waals surface area contributed by atoms with Gasteiger partial charge in [-0.25, -0.2) is 0 Å². The minimum absolute atomic E-state index is 0.0928. The van der Waals surface area contributed by atoms with E-state index in [9.17, 15) is 18.0 Å². The molecule has 1 aliphatic heterocycles. The average molecular weight is 322 g/mol. The summed E-state index contributed by atoms with van der Waals surface area (Å²) in [7, 11) is 0. The van der Waals surface area contributed by atoms with E-state index >= 15 is 0 Å². The first kappa shape index (κ1) is 13.1. The number of halogens is 4. The van der Waals surface area contributed by atoms with Crippen LogP contribution in [0.15, 0.2) is 21.6 Å². The molecular formula is C11H7BrF3NO2. The number of fused-ring (bicyclic) bond motifs is 1. The second kappa shape index (κ2) is 4.38. The molecule has 7 heteroatoms. The molecule has 0 fully saturated rings. The molecule has 18 heavy (non-hydrogen) atoms. The van der Waals surface area contributed by atoms with E-state index in [0.717, 1.165) is 6.07 Å². The van der Waals surface area contributed by atoms with Gasteiger partial charge in [-0.05, 0) is 28.1 Å². The number of aliphatic imine (C=N–C) groups is 1. The first-order valence-corrected chi connectivity index (χ1v) is 5.75. The summed E-state index contributed by atoms with van der Waals surface area (Å²) in [6.07, 6.45) is -3.51. The lowest BCUT2D eigenvalue weighted by Crippen LogP contribution is -2.20. The fourth-order valence-electron chi connectivity index (χ4n) is 1.60. The van der Waals surface area contributed by atoms with Crippen molar-refractivity contribution in [2.45, 2.75) is 13.3 Å². The van der Waals surface area contributed by atoms with Crippen molar-refractivity contribution < 1.29 is 22.7 Å². The van der Waals surface area contributed by atoms with Gasteiger partial charge in [0.15, 0.2) is 11.5 Å². The van der Waals surface area contributed by atoms with E-state index < -0.39 is 18.0 Å². The maximum Gasteiger partial charge on any atom is 0.573 e. The summed E-state index contributed by atoms with van der Waals surface area (Å²) in [4.78, 5) is 15.8. The predicted octanol–water partition coefficient (Wildman–Crippen LogP) is 3.88. The lowest BCUT2D eigenvalue weighted by atomic mass is 9.96. The Morgan fingerprint density at radius 2 is 2.06 bits per heavy atom. The standard InChI is InChI=1S/C11H7BrF3NO2/c1-5-4-16-9-7(18-11(13,14)15)3-2-6(12)8(9)10(5)17/h2-5H,1H3. The Kier molecular flexibility index (Phi) is 3.18. The highest BCUT2D eigenvalue weighted by Gasteiger charge is 2.34. The summed E-state index contributed by atoms with van der Waals surface area (Å²) in [5.74, 6) is -1.23. The van der Waals surface area contributed by atoms with Gasteiger partial charge in [-0.15, -0.1) is 13.2 Å². The Balaban J connectivity index is 2.56. The molecule has 0 aromatic heterocycles. The van der Waals surface area contributed by atoms with Gasteiger partial charge < -0.3 is 4.74 Å². The lowest BCUT2D eigenvalue weighted by molar-refractivity contribution is -0.274. The summed E-state index contributed by atoms with van der Waals surface area (Å²) < 4.78 is 40.9. The van der Waals surface area contributed by atoms with E-state index in [0.29, 0.717) is 4.47 Å². The number of hydrogen-bond acceptors (Lipinski definition) is 3. The molecule has 0 radical (unpaired) electrons. The Hall–Kier alpha value is -1.37. The summed E-state index contributed by atoms with van der Waals surface area (Å²) >= 11 is 3.13. The SMILES string of the molecule is CC1C=Nc2c(OC(F)(F)F)ccc(Br)c2C1=O. The molecule has 0 saturated heterocycles. The normalized spacial score (nSPS) is 18.7. The minimum atomic E-state index is -4.82. The topological polar surface area (TPSA) is 38.7 Å². The highest BCUT2D eigenvalue weighted by atomic mass is 79.9. The van der Waals surface area contributed by atoms with E-state index in [1.807, 2.05) is 0 Å². The molecule has 3 nitrogen and oxygen atoms in total. The maximum absolute atomic E-state index is 12.2. The Morgan fingerprint density at radius 3 is 2.67 bits per heavy atom. The van der Waals surface area contributed by atoms with Gasteiger partial charge in [-0.2, -0.15) is 0 Å². The van der Waals surface area contributed by atoms with Crippen LogP contribution in [-0.2, 0) is 0 Å². The summed E-state index contributed by atoms with van der Waals surface area (Å²) in [6, 6.07) is 2.46. The Bertz CT molecular complexity index is 540. The van der Waals surface area contributed by atoms with Crippen LogP contribution < -0.4 is 4.74 Å². The quantitative estimate of drug-likeness (QED) is 0.787. The number of alkyl halides is 3. The fourth-order valence-corrected chi connectivity index (χ4v) is 2.11. The van der Waals surface area contributed by atoms with E-state index in [1.54, 1.807) is 6.92 Å². The van der Waals surface area contributed by atoms with E-state index in [2.05, 4.69) is 25.7 Å².